The first kappa shape index (κ1) is 13.6. The van der Waals surface area contributed by atoms with Crippen LogP contribution in [0.2, 0.25) is 0 Å². The van der Waals surface area contributed by atoms with Gasteiger partial charge in [-0.2, -0.15) is 0 Å². The Bertz CT molecular complexity index is 463. The van der Waals surface area contributed by atoms with Crippen molar-refractivity contribution in [1.29, 1.82) is 0 Å². The summed E-state index contributed by atoms with van der Waals surface area (Å²) >= 11 is 3.21. The topological polar surface area (TPSA) is 68.3 Å². The summed E-state index contributed by atoms with van der Waals surface area (Å²) in [6.45, 7) is 8.33. The summed E-state index contributed by atoms with van der Waals surface area (Å²) < 4.78 is 5.53. The van der Waals surface area contributed by atoms with Gasteiger partial charge in [-0.05, 0) is 22.0 Å². The van der Waals surface area contributed by atoms with E-state index in [1.165, 1.54) is 6.26 Å². The summed E-state index contributed by atoms with van der Waals surface area (Å²) in [6.07, 6.45) is 1.49. The van der Waals surface area contributed by atoms with Gasteiger partial charge in [0.2, 0.25) is 0 Å². The predicted molar refractivity (Wildman–Crippen MR) is 73.2 cm³/mol. The highest BCUT2D eigenvalue weighted by atomic mass is 79.9. The minimum absolute atomic E-state index is 0.0503. The summed E-state index contributed by atoms with van der Waals surface area (Å²) in [6, 6.07) is 1.77. The molecular formula is C13H19BrN2O2. The molecule has 4 nitrogen and oxygen atoms in total. The average Bonchev–Trinajstić information content (AvgIpc) is 2.70. The van der Waals surface area contributed by atoms with Crippen LogP contribution < -0.4 is 11.1 Å². The minimum atomic E-state index is -0.131. The van der Waals surface area contributed by atoms with E-state index in [2.05, 4.69) is 48.9 Å². The van der Waals surface area contributed by atoms with Crippen LogP contribution in [0.4, 0.5) is 0 Å². The first-order valence-corrected chi connectivity index (χ1v) is 6.77. The molecule has 3 N–H and O–H groups in total. The Labute approximate surface area is 115 Å². The maximum Gasteiger partial charge on any atom is 0.256 e. The molecule has 1 aliphatic rings. The Balaban J connectivity index is 2.16. The molecule has 0 aliphatic heterocycles. The molecule has 1 aromatic rings. The Kier molecular flexibility index (Phi) is 3.10. The first-order chi connectivity index (χ1) is 8.19. The second-order valence-electron chi connectivity index (χ2n) is 6.13. The van der Waals surface area contributed by atoms with Crippen LogP contribution in [0.25, 0.3) is 0 Å². The van der Waals surface area contributed by atoms with Gasteiger partial charge in [0.15, 0.2) is 4.67 Å². The van der Waals surface area contributed by atoms with Crippen LogP contribution in [0.1, 0.15) is 38.1 Å². The van der Waals surface area contributed by atoms with Gasteiger partial charge >= 0.3 is 0 Å². The largest absolute Gasteiger partial charge is 0.457 e. The molecule has 1 aromatic heterocycles. The quantitative estimate of drug-likeness (QED) is 0.881. The van der Waals surface area contributed by atoms with Crippen molar-refractivity contribution < 1.29 is 9.21 Å². The van der Waals surface area contributed by atoms with Crippen molar-refractivity contribution in [1.82, 2.24) is 5.32 Å². The fourth-order valence-corrected chi connectivity index (χ4v) is 3.64. The summed E-state index contributed by atoms with van der Waals surface area (Å²) in [4.78, 5) is 12.2. The van der Waals surface area contributed by atoms with E-state index in [-0.39, 0.29) is 28.8 Å². The Hall–Kier alpha value is -0.810. The molecule has 1 fully saturated rings. The van der Waals surface area contributed by atoms with Crippen molar-refractivity contribution in [2.24, 2.45) is 16.6 Å². The van der Waals surface area contributed by atoms with Crippen molar-refractivity contribution in [2.75, 3.05) is 0 Å². The van der Waals surface area contributed by atoms with Crippen LogP contribution in [0.3, 0.4) is 0 Å². The van der Waals surface area contributed by atoms with E-state index in [0.29, 0.717) is 10.2 Å². The van der Waals surface area contributed by atoms with Crippen molar-refractivity contribution in [3.8, 4) is 0 Å². The first-order valence-electron chi connectivity index (χ1n) is 5.98. The number of furan rings is 1. The predicted octanol–water partition coefficient (Wildman–Crippen LogP) is 2.53. The van der Waals surface area contributed by atoms with Gasteiger partial charge < -0.3 is 15.5 Å². The number of amides is 1. The standard InChI is InChI=1S/C13H19BrN2O2/c1-12(2)10(15)13(3,4)11(12)16-9(17)7-5-6-18-8(7)14/h5-6,10-11H,15H2,1-4H3,(H,16,17). The molecule has 5 heteroatoms. The fourth-order valence-electron chi connectivity index (χ4n) is 3.22. The molecule has 0 bridgehead atoms. The van der Waals surface area contributed by atoms with Crippen molar-refractivity contribution in [2.45, 2.75) is 39.8 Å². The maximum absolute atomic E-state index is 12.2. The molecule has 2 rings (SSSR count). The lowest BCUT2D eigenvalue weighted by Gasteiger charge is -2.62. The van der Waals surface area contributed by atoms with Gasteiger partial charge in [0, 0.05) is 22.9 Å². The van der Waals surface area contributed by atoms with E-state index in [0.717, 1.165) is 0 Å². The van der Waals surface area contributed by atoms with Crippen LogP contribution in [-0.4, -0.2) is 18.0 Å². The fraction of sp³-hybridized carbons (Fsp3) is 0.615. The molecule has 18 heavy (non-hydrogen) atoms. The van der Waals surface area contributed by atoms with Gasteiger partial charge in [0.05, 0.1) is 11.8 Å². The van der Waals surface area contributed by atoms with Crippen LogP contribution in [-0.2, 0) is 0 Å². The van der Waals surface area contributed by atoms with E-state index in [1.54, 1.807) is 6.07 Å². The molecule has 1 amide bonds. The monoisotopic (exact) mass is 314 g/mol. The summed E-state index contributed by atoms with van der Waals surface area (Å²) in [5, 5.41) is 3.06. The second kappa shape index (κ2) is 4.10. The highest BCUT2D eigenvalue weighted by Gasteiger charge is 2.60. The lowest BCUT2D eigenvalue weighted by Crippen LogP contribution is -2.76. The number of hydrogen-bond acceptors (Lipinski definition) is 3. The van der Waals surface area contributed by atoms with E-state index in [1.807, 2.05) is 0 Å². The highest BCUT2D eigenvalue weighted by Crippen LogP contribution is 2.52. The molecular weight excluding hydrogens is 296 g/mol. The maximum atomic E-state index is 12.2. The number of halogens is 1. The van der Waals surface area contributed by atoms with E-state index in [9.17, 15) is 4.79 Å². The van der Waals surface area contributed by atoms with E-state index < -0.39 is 0 Å². The number of rotatable bonds is 2. The molecule has 0 saturated heterocycles. The van der Waals surface area contributed by atoms with Crippen LogP contribution in [0.15, 0.2) is 21.4 Å². The normalized spacial score (nSPS) is 28.6. The van der Waals surface area contributed by atoms with Gasteiger partial charge in [0.1, 0.15) is 0 Å². The molecule has 1 aliphatic carbocycles. The molecule has 0 unspecified atom stereocenters. The molecule has 0 spiro atoms. The smallest absolute Gasteiger partial charge is 0.256 e. The van der Waals surface area contributed by atoms with Gasteiger partial charge in [0.25, 0.3) is 5.91 Å². The lowest BCUT2D eigenvalue weighted by atomic mass is 9.48. The van der Waals surface area contributed by atoms with Gasteiger partial charge in [-0.3, -0.25) is 4.79 Å². The third-order valence-electron chi connectivity index (χ3n) is 4.23. The van der Waals surface area contributed by atoms with Crippen molar-refractivity contribution >= 4 is 21.8 Å². The zero-order valence-electron chi connectivity index (χ0n) is 11.1. The van der Waals surface area contributed by atoms with Crippen LogP contribution in [0, 0.1) is 10.8 Å². The highest BCUT2D eigenvalue weighted by molar-refractivity contribution is 9.10. The molecule has 100 valence electrons. The number of nitrogens with one attached hydrogen (secondary N) is 1. The van der Waals surface area contributed by atoms with E-state index in [4.69, 9.17) is 10.2 Å². The number of carbonyl (C=O) groups is 1. The Morgan fingerprint density at radius 2 is 1.94 bits per heavy atom. The lowest BCUT2D eigenvalue weighted by molar-refractivity contribution is -0.0663. The van der Waals surface area contributed by atoms with Crippen molar-refractivity contribution in [3.63, 3.8) is 0 Å². The zero-order valence-corrected chi connectivity index (χ0v) is 12.7. The number of nitrogens with two attached hydrogens (primary N) is 1. The number of hydrogen-bond donors (Lipinski definition) is 2. The summed E-state index contributed by atoms with van der Waals surface area (Å²) in [7, 11) is 0. The zero-order chi connectivity index (χ0) is 13.7. The molecule has 0 aromatic carbocycles. The minimum Gasteiger partial charge on any atom is -0.457 e. The Morgan fingerprint density at radius 1 is 1.39 bits per heavy atom. The second-order valence-corrected chi connectivity index (χ2v) is 6.86. The van der Waals surface area contributed by atoms with E-state index >= 15 is 0 Å². The SMILES string of the molecule is CC1(C)C(N)C(C)(C)C1NC(=O)c1ccoc1Br. The van der Waals surface area contributed by atoms with Gasteiger partial charge in [-0.15, -0.1) is 0 Å². The summed E-state index contributed by atoms with van der Waals surface area (Å²) in [5.41, 5.74) is 6.48. The van der Waals surface area contributed by atoms with Gasteiger partial charge in [-0.1, -0.05) is 27.7 Å². The third-order valence-corrected chi connectivity index (χ3v) is 4.84. The summed E-state index contributed by atoms with van der Waals surface area (Å²) in [5.74, 6) is -0.131. The molecule has 1 saturated carbocycles. The van der Waals surface area contributed by atoms with Crippen LogP contribution >= 0.6 is 15.9 Å². The molecule has 0 radical (unpaired) electrons. The average molecular weight is 315 g/mol. The van der Waals surface area contributed by atoms with Crippen LogP contribution in [0.5, 0.6) is 0 Å². The van der Waals surface area contributed by atoms with Gasteiger partial charge in [-0.25, -0.2) is 0 Å². The third kappa shape index (κ3) is 1.80. The molecule has 1 heterocycles. The Morgan fingerprint density at radius 3 is 2.39 bits per heavy atom. The van der Waals surface area contributed by atoms with Crippen molar-refractivity contribution in [3.05, 3.63) is 22.6 Å². The number of carbonyl (C=O) groups excluding carboxylic acids is 1. The molecule has 0 atom stereocenters.